The van der Waals surface area contributed by atoms with Crippen molar-refractivity contribution in [2.24, 2.45) is 0 Å². The van der Waals surface area contributed by atoms with Gasteiger partial charge in [-0.1, -0.05) is 35.4 Å². The highest BCUT2D eigenvalue weighted by Crippen LogP contribution is 2.27. The highest BCUT2D eigenvalue weighted by molar-refractivity contribution is 6.34. The van der Waals surface area contributed by atoms with Crippen molar-refractivity contribution in [1.29, 1.82) is 0 Å². The first-order valence-electron chi connectivity index (χ1n) is 8.55. The van der Waals surface area contributed by atoms with E-state index in [1.54, 1.807) is 30.3 Å². The van der Waals surface area contributed by atoms with E-state index < -0.39 is 0 Å². The molecule has 1 aromatic heterocycles. The fourth-order valence-electron chi connectivity index (χ4n) is 2.91. The van der Waals surface area contributed by atoms with Gasteiger partial charge in [-0.2, -0.15) is 0 Å². The maximum atomic E-state index is 12.5. The monoisotopic (exact) mass is 376 g/mol. The molecule has 0 aliphatic heterocycles. The molecule has 0 fully saturated rings. The Morgan fingerprint density at radius 2 is 1.81 bits per heavy atom. The average molecular weight is 377 g/mol. The Morgan fingerprint density at radius 3 is 2.59 bits per heavy atom. The minimum Gasteiger partial charge on any atom is -0.436 e. The fraction of sp³-hybridized carbons (Fsp3) is 0.0909. The molecule has 4 rings (SSSR count). The summed E-state index contributed by atoms with van der Waals surface area (Å²) in [5, 5.41) is 3.29. The lowest BCUT2D eigenvalue weighted by Gasteiger charge is -2.07. The van der Waals surface area contributed by atoms with Gasteiger partial charge in [-0.15, -0.1) is 0 Å². The van der Waals surface area contributed by atoms with Crippen molar-refractivity contribution in [3.05, 3.63) is 82.4 Å². The van der Waals surface area contributed by atoms with Gasteiger partial charge in [0.1, 0.15) is 5.52 Å². The van der Waals surface area contributed by atoms with Crippen molar-refractivity contribution in [3.8, 4) is 11.5 Å². The third-order valence-corrected chi connectivity index (χ3v) is 4.59. The molecule has 1 N–H and O–H groups in total. The molecule has 0 radical (unpaired) electrons. The van der Waals surface area contributed by atoms with Crippen LogP contribution in [0.3, 0.4) is 0 Å². The predicted octanol–water partition coefficient (Wildman–Crippen LogP) is 6.02. The number of hydrogen-bond acceptors (Lipinski definition) is 3. The van der Waals surface area contributed by atoms with Gasteiger partial charge < -0.3 is 9.73 Å². The quantitative estimate of drug-likeness (QED) is 0.475. The molecular weight excluding hydrogens is 360 g/mol. The molecule has 1 heterocycles. The lowest BCUT2D eigenvalue weighted by molar-refractivity contribution is 0.102. The molecule has 0 atom stereocenters. The topological polar surface area (TPSA) is 55.1 Å². The standard InChI is InChI=1S/C22H17ClN2O2/c1-13-4-3-5-15(10-13)22-25-19-12-16(7-9-20(19)27-22)24-21(26)17-8-6-14(2)11-18(17)23/h3-12H,1-2H3,(H,24,26). The number of oxazole rings is 1. The van der Waals surface area contributed by atoms with Crippen LogP contribution >= 0.6 is 11.6 Å². The first-order valence-corrected chi connectivity index (χ1v) is 8.92. The second-order valence-corrected chi connectivity index (χ2v) is 6.92. The van der Waals surface area contributed by atoms with Crippen molar-refractivity contribution in [2.45, 2.75) is 13.8 Å². The summed E-state index contributed by atoms with van der Waals surface area (Å²) in [5.41, 5.74) is 5.47. The lowest BCUT2D eigenvalue weighted by atomic mass is 10.1. The van der Waals surface area contributed by atoms with Crippen LogP contribution in [0, 0.1) is 13.8 Å². The van der Waals surface area contributed by atoms with Crippen LogP contribution in [0.4, 0.5) is 5.69 Å². The lowest BCUT2D eigenvalue weighted by Crippen LogP contribution is -2.12. The zero-order valence-corrected chi connectivity index (χ0v) is 15.7. The number of rotatable bonds is 3. The van der Waals surface area contributed by atoms with E-state index in [1.807, 2.05) is 44.2 Å². The van der Waals surface area contributed by atoms with Gasteiger partial charge in [0.2, 0.25) is 5.89 Å². The second-order valence-electron chi connectivity index (χ2n) is 6.51. The van der Waals surface area contributed by atoms with Gasteiger partial charge in [-0.05, 0) is 61.9 Å². The molecule has 0 unspecified atom stereocenters. The van der Waals surface area contributed by atoms with Gasteiger partial charge >= 0.3 is 0 Å². The molecule has 0 aliphatic carbocycles. The van der Waals surface area contributed by atoms with Crippen LogP contribution < -0.4 is 5.32 Å². The summed E-state index contributed by atoms with van der Waals surface area (Å²) in [6.07, 6.45) is 0. The molecule has 4 aromatic rings. The molecular formula is C22H17ClN2O2. The molecule has 4 nitrogen and oxygen atoms in total. The fourth-order valence-corrected chi connectivity index (χ4v) is 3.23. The Bertz CT molecular complexity index is 1160. The van der Waals surface area contributed by atoms with E-state index in [2.05, 4.69) is 10.3 Å². The van der Waals surface area contributed by atoms with Crippen molar-refractivity contribution < 1.29 is 9.21 Å². The maximum absolute atomic E-state index is 12.5. The van der Waals surface area contributed by atoms with Crippen molar-refractivity contribution >= 4 is 34.3 Å². The van der Waals surface area contributed by atoms with Crippen molar-refractivity contribution in [3.63, 3.8) is 0 Å². The number of fused-ring (bicyclic) bond motifs is 1. The van der Waals surface area contributed by atoms with Gasteiger partial charge in [0.05, 0.1) is 10.6 Å². The third kappa shape index (κ3) is 3.57. The van der Waals surface area contributed by atoms with Gasteiger partial charge in [0, 0.05) is 11.3 Å². The molecule has 3 aromatic carbocycles. The zero-order chi connectivity index (χ0) is 19.0. The molecule has 5 heteroatoms. The van der Waals surface area contributed by atoms with Crippen LogP contribution in [0.25, 0.3) is 22.6 Å². The summed E-state index contributed by atoms with van der Waals surface area (Å²) in [6, 6.07) is 18.7. The van der Waals surface area contributed by atoms with Gasteiger partial charge in [0.15, 0.2) is 5.58 Å². The molecule has 0 bridgehead atoms. The Morgan fingerprint density at radius 1 is 1.00 bits per heavy atom. The number of hydrogen-bond donors (Lipinski definition) is 1. The second kappa shape index (κ2) is 6.89. The van der Waals surface area contributed by atoms with E-state index in [0.29, 0.717) is 33.3 Å². The summed E-state index contributed by atoms with van der Waals surface area (Å²) < 4.78 is 5.84. The van der Waals surface area contributed by atoms with Crippen LogP contribution in [-0.4, -0.2) is 10.9 Å². The number of carbonyl (C=O) groups is 1. The van der Waals surface area contributed by atoms with Gasteiger partial charge in [-0.3, -0.25) is 4.79 Å². The van der Waals surface area contributed by atoms with Crippen LogP contribution in [-0.2, 0) is 0 Å². The summed E-state index contributed by atoms with van der Waals surface area (Å²) in [6.45, 7) is 3.95. The van der Waals surface area contributed by atoms with E-state index in [-0.39, 0.29) is 5.91 Å². The van der Waals surface area contributed by atoms with Crippen molar-refractivity contribution in [2.75, 3.05) is 5.32 Å². The molecule has 0 spiro atoms. The number of aromatic nitrogens is 1. The minimum absolute atomic E-state index is 0.262. The molecule has 0 aliphatic rings. The van der Waals surface area contributed by atoms with E-state index in [0.717, 1.165) is 16.7 Å². The third-order valence-electron chi connectivity index (χ3n) is 4.28. The highest BCUT2D eigenvalue weighted by atomic mass is 35.5. The Kier molecular flexibility index (Phi) is 4.42. The first-order chi connectivity index (χ1) is 13.0. The predicted molar refractivity (Wildman–Crippen MR) is 108 cm³/mol. The van der Waals surface area contributed by atoms with E-state index >= 15 is 0 Å². The largest absolute Gasteiger partial charge is 0.436 e. The highest BCUT2D eigenvalue weighted by Gasteiger charge is 2.13. The Labute approximate surface area is 161 Å². The maximum Gasteiger partial charge on any atom is 0.257 e. The smallest absolute Gasteiger partial charge is 0.257 e. The van der Waals surface area contributed by atoms with Gasteiger partial charge in [0.25, 0.3) is 5.91 Å². The zero-order valence-electron chi connectivity index (χ0n) is 14.9. The SMILES string of the molecule is Cc1cccc(-c2nc3cc(NC(=O)c4ccc(C)cc4Cl)ccc3o2)c1. The molecule has 134 valence electrons. The average Bonchev–Trinajstić information content (AvgIpc) is 3.05. The number of aryl methyl sites for hydroxylation is 2. The number of nitrogens with zero attached hydrogens (tertiary/aromatic N) is 1. The van der Waals surface area contributed by atoms with E-state index in [9.17, 15) is 4.79 Å². The normalized spacial score (nSPS) is 10.9. The minimum atomic E-state index is -0.262. The molecule has 0 saturated carbocycles. The van der Waals surface area contributed by atoms with Crippen LogP contribution in [0.1, 0.15) is 21.5 Å². The Balaban J connectivity index is 1.62. The summed E-state index contributed by atoms with van der Waals surface area (Å²) in [4.78, 5) is 17.1. The number of amides is 1. The van der Waals surface area contributed by atoms with Crippen LogP contribution in [0.2, 0.25) is 5.02 Å². The number of nitrogens with one attached hydrogen (secondary N) is 1. The van der Waals surface area contributed by atoms with Crippen LogP contribution in [0.15, 0.2) is 65.1 Å². The summed E-state index contributed by atoms with van der Waals surface area (Å²) in [7, 11) is 0. The summed E-state index contributed by atoms with van der Waals surface area (Å²) in [5.74, 6) is 0.292. The van der Waals surface area contributed by atoms with E-state index in [1.165, 1.54) is 0 Å². The molecule has 27 heavy (non-hydrogen) atoms. The van der Waals surface area contributed by atoms with Gasteiger partial charge in [-0.25, -0.2) is 4.98 Å². The van der Waals surface area contributed by atoms with E-state index in [4.69, 9.17) is 16.0 Å². The first kappa shape index (κ1) is 17.3. The number of anilines is 1. The summed E-state index contributed by atoms with van der Waals surface area (Å²) >= 11 is 6.18. The number of halogens is 1. The number of carbonyl (C=O) groups excluding carboxylic acids is 1. The number of benzene rings is 3. The molecule has 0 saturated heterocycles. The van der Waals surface area contributed by atoms with Crippen LogP contribution in [0.5, 0.6) is 0 Å². The Hall–Kier alpha value is -3.11. The van der Waals surface area contributed by atoms with Crippen molar-refractivity contribution in [1.82, 2.24) is 4.98 Å². The molecule has 1 amide bonds.